The van der Waals surface area contributed by atoms with Crippen LogP contribution in [-0.4, -0.2) is 30.5 Å². The Morgan fingerprint density at radius 2 is 1.14 bits per heavy atom. The topological polar surface area (TPSA) is 52.6 Å². The Morgan fingerprint density at radius 3 is 1.61 bits per heavy atom. The molecule has 0 saturated heterocycles. The third-order valence-electron chi connectivity index (χ3n) is 4.61. The minimum absolute atomic E-state index is 0.287. The van der Waals surface area contributed by atoms with Crippen LogP contribution in [0.4, 0.5) is 0 Å². The van der Waals surface area contributed by atoms with Crippen LogP contribution in [0.2, 0.25) is 0 Å². The minimum atomic E-state index is -0.451. The molecule has 1 rings (SSSR count). The number of benzene rings is 1. The van der Waals surface area contributed by atoms with Crippen LogP contribution < -0.4 is 0 Å². The molecule has 0 aliphatic carbocycles. The van der Waals surface area contributed by atoms with Gasteiger partial charge in [0.05, 0.1) is 24.3 Å². The van der Waals surface area contributed by atoms with Gasteiger partial charge < -0.3 is 9.47 Å². The Labute approximate surface area is 178 Å². The van der Waals surface area contributed by atoms with Gasteiger partial charge in [-0.1, -0.05) is 86.4 Å². The summed E-state index contributed by atoms with van der Waals surface area (Å²) in [5.41, 5.74) is 0.575. The van der Waals surface area contributed by atoms with Crippen LogP contribution in [0.3, 0.4) is 0 Å². The highest BCUT2D eigenvalue weighted by molar-refractivity contribution is 9.09. The van der Waals surface area contributed by atoms with Gasteiger partial charge in [-0.3, -0.25) is 0 Å². The lowest BCUT2D eigenvalue weighted by Gasteiger charge is -2.10. The summed E-state index contributed by atoms with van der Waals surface area (Å²) < 4.78 is 10.7. The van der Waals surface area contributed by atoms with E-state index < -0.39 is 11.9 Å². The van der Waals surface area contributed by atoms with Crippen molar-refractivity contribution in [1.29, 1.82) is 0 Å². The highest BCUT2D eigenvalue weighted by Crippen LogP contribution is 2.14. The van der Waals surface area contributed by atoms with Gasteiger partial charge in [0.1, 0.15) is 0 Å². The van der Waals surface area contributed by atoms with E-state index in [1.54, 1.807) is 24.3 Å². The van der Waals surface area contributed by atoms with E-state index in [0.717, 1.165) is 37.4 Å². The Morgan fingerprint density at radius 1 is 0.714 bits per heavy atom. The van der Waals surface area contributed by atoms with Crippen LogP contribution in [0, 0.1) is 0 Å². The number of esters is 2. The minimum Gasteiger partial charge on any atom is -0.462 e. The van der Waals surface area contributed by atoms with E-state index in [2.05, 4.69) is 22.9 Å². The Kier molecular flexibility index (Phi) is 14.6. The Balaban J connectivity index is 2.35. The monoisotopic (exact) mass is 454 g/mol. The van der Waals surface area contributed by atoms with Crippen LogP contribution >= 0.6 is 15.9 Å². The van der Waals surface area contributed by atoms with Crippen molar-refractivity contribution in [3.8, 4) is 0 Å². The molecule has 0 aliphatic heterocycles. The second-order valence-corrected chi connectivity index (χ2v) is 7.83. The lowest BCUT2D eigenvalue weighted by molar-refractivity contribution is 0.0450. The molecule has 158 valence electrons. The molecule has 0 bridgehead atoms. The normalized spacial score (nSPS) is 10.6. The fourth-order valence-electron chi connectivity index (χ4n) is 2.93. The maximum absolute atomic E-state index is 12.3. The number of alkyl halides is 1. The number of halogens is 1. The van der Waals surface area contributed by atoms with Gasteiger partial charge in [-0.2, -0.15) is 0 Å². The first-order valence-electron chi connectivity index (χ1n) is 10.7. The molecule has 0 heterocycles. The van der Waals surface area contributed by atoms with Crippen LogP contribution in [0.5, 0.6) is 0 Å². The summed E-state index contributed by atoms with van der Waals surface area (Å²) in [4.78, 5) is 24.7. The zero-order chi connectivity index (χ0) is 20.5. The average molecular weight is 455 g/mol. The van der Waals surface area contributed by atoms with E-state index in [0.29, 0.717) is 13.2 Å². The molecular weight excluding hydrogens is 420 g/mol. The summed E-state index contributed by atoms with van der Waals surface area (Å²) >= 11 is 3.42. The number of carbonyl (C=O) groups is 2. The average Bonchev–Trinajstić information content (AvgIpc) is 2.72. The maximum Gasteiger partial charge on any atom is 0.339 e. The first-order valence-corrected chi connectivity index (χ1v) is 11.8. The molecule has 0 unspecified atom stereocenters. The summed E-state index contributed by atoms with van der Waals surface area (Å²) in [6.07, 6.45) is 12.2. The highest BCUT2D eigenvalue weighted by atomic mass is 79.9. The molecule has 28 heavy (non-hydrogen) atoms. The van der Waals surface area contributed by atoms with E-state index in [4.69, 9.17) is 9.47 Å². The lowest BCUT2D eigenvalue weighted by atomic mass is 10.1. The molecule has 0 fully saturated rings. The van der Waals surface area contributed by atoms with Gasteiger partial charge in [0, 0.05) is 5.33 Å². The van der Waals surface area contributed by atoms with E-state index in [-0.39, 0.29) is 11.1 Å². The number of carbonyl (C=O) groups excluding carboxylic acids is 2. The quantitative estimate of drug-likeness (QED) is 0.158. The highest BCUT2D eigenvalue weighted by Gasteiger charge is 2.18. The van der Waals surface area contributed by atoms with E-state index in [1.165, 1.54) is 38.5 Å². The van der Waals surface area contributed by atoms with E-state index in [1.807, 2.05) is 0 Å². The zero-order valence-electron chi connectivity index (χ0n) is 17.2. The zero-order valence-corrected chi connectivity index (χ0v) is 18.8. The van der Waals surface area contributed by atoms with E-state index in [9.17, 15) is 9.59 Å². The van der Waals surface area contributed by atoms with Gasteiger partial charge in [-0.05, 0) is 31.4 Å². The summed E-state index contributed by atoms with van der Waals surface area (Å²) in [5.74, 6) is -0.900. The number of hydrogen-bond donors (Lipinski definition) is 0. The molecule has 1 aromatic carbocycles. The van der Waals surface area contributed by atoms with Crippen molar-refractivity contribution in [2.24, 2.45) is 0 Å². The molecule has 0 amide bonds. The van der Waals surface area contributed by atoms with Crippen molar-refractivity contribution in [3.05, 3.63) is 35.4 Å². The number of unbranched alkanes of at least 4 members (excludes halogenated alkanes) is 9. The van der Waals surface area contributed by atoms with Crippen molar-refractivity contribution in [2.75, 3.05) is 18.5 Å². The van der Waals surface area contributed by atoms with Gasteiger partial charge in [-0.15, -0.1) is 0 Å². The fraction of sp³-hybridized carbons (Fsp3) is 0.652. The maximum atomic E-state index is 12.3. The van der Waals surface area contributed by atoms with Crippen LogP contribution in [0.25, 0.3) is 0 Å². The summed E-state index contributed by atoms with van der Waals surface area (Å²) in [5, 5.41) is 1.04. The summed E-state index contributed by atoms with van der Waals surface area (Å²) in [6, 6.07) is 6.73. The Hall–Kier alpha value is -1.36. The van der Waals surface area contributed by atoms with Crippen molar-refractivity contribution < 1.29 is 19.1 Å². The lowest BCUT2D eigenvalue weighted by Crippen LogP contribution is -2.15. The molecular formula is C23H35BrO4. The molecule has 0 spiro atoms. The second kappa shape index (κ2) is 16.6. The molecule has 0 aromatic heterocycles. The van der Waals surface area contributed by atoms with Crippen molar-refractivity contribution in [2.45, 2.75) is 77.6 Å². The first-order chi connectivity index (χ1) is 13.7. The van der Waals surface area contributed by atoms with Gasteiger partial charge in [0.25, 0.3) is 0 Å². The predicted molar refractivity (Wildman–Crippen MR) is 117 cm³/mol. The summed E-state index contributed by atoms with van der Waals surface area (Å²) in [7, 11) is 0. The van der Waals surface area contributed by atoms with Gasteiger partial charge in [0.2, 0.25) is 0 Å². The van der Waals surface area contributed by atoms with Gasteiger partial charge in [0.15, 0.2) is 0 Å². The Bertz CT molecular complexity index is 510. The summed E-state index contributed by atoms with van der Waals surface area (Å²) in [6.45, 7) is 2.97. The smallest absolute Gasteiger partial charge is 0.339 e. The van der Waals surface area contributed by atoms with Crippen molar-refractivity contribution in [3.63, 3.8) is 0 Å². The van der Waals surface area contributed by atoms with Gasteiger partial charge >= 0.3 is 11.9 Å². The molecule has 1 aromatic rings. The van der Waals surface area contributed by atoms with E-state index >= 15 is 0 Å². The third kappa shape index (κ3) is 10.8. The third-order valence-corrected chi connectivity index (χ3v) is 5.17. The number of rotatable bonds is 16. The fourth-order valence-corrected chi connectivity index (χ4v) is 3.33. The molecule has 5 heteroatoms. The van der Waals surface area contributed by atoms with Crippen LogP contribution in [0.15, 0.2) is 24.3 Å². The molecule has 0 radical (unpaired) electrons. The molecule has 0 saturated carbocycles. The van der Waals surface area contributed by atoms with Gasteiger partial charge in [-0.25, -0.2) is 9.59 Å². The molecule has 0 N–H and O–H groups in total. The first kappa shape index (κ1) is 24.7. The largest absolute Gasteiger partial charge is 0.462 e. The van der Waals surface area contributed by atoms with Crippen molar-refractivity contribution >= 4 is 27.9 Å². The number of ether oxygens (including phenoxy) is 2. The molecule has 0 atom stereocenters. The molecule has 4 nitrogen and oxygen atoms in total. The van der Waals surface area contributed by atoms with Crippen LogP contribution in [-0.2, 0) is 9.47 Å². The number of hydrogen-bond acceptors (Lipinski definition) is 4. The van der Waals surface area contributed by atoms with Crippen molar-refractivity contribution in [1.82, 2.24) is 0 Å². The SMILES string of the molecule is CCCCCCCCOC(=O)c1ccccc1C(=O)OCCCCCCCBr. The van der Waals surface area contributed by atoms with Crippen LogP contribution in [0.1, 0.15) is 98.3 Å². The predicted octanol–water partition coefficient (Wildman–Crippen LogP) is 6.71. The molecule has 0 aliphatic rings. The second-order valence-electron chi connectivity index (χ2n) is 7.04. The standard InChI is InChI=1S/C23H35BrO4/c1-2-3-4-5-8-13-18-27-22(25)20-15-10-11-16-21(20)23(26)28-19-14-9-6-7-12-17-24/h10-11,15-16H,2-9,12-14,17-19H2,1H3.